The highest BCUT2D eigenvalue weighted by molar-refractivity contribution is 9.10. The third kappa shape index (κ3) is 9.22. The number of ether oxygens (including phenoxy) is 2. The van der Waals surface area contributed by atoms with Crippen LogP contribution in [0.4, 0.5) is 11.4 Å². The van der Waals surface area contributed by atoms with Crippen LogP contribution in [-0.4, -0.2) is 24.4 Å². The first kappa shape index (κ1) is 28.2. The van der Waals surface area contributed by atoms with Crippen LogP contribution in [0.2, 0.25) is 5.02 Å². The van der Waals surface area contributed by atoms with E-state index in [1.807, 2.05) is 24.3 Å². The molecule has 0 spiro atoms. The minimum Gasteiger partial charge on any atom is -0.457 e. The highest BCUT2D eigenvalue weighted by atomic mass is 79.9. The van der Waals surface area contributed by atoms with Crippen molar-refractivity contribution in [3.8, 4) is 11.5 Å². The van der Waals surface area contributed by atoms with Gasteiger partial charge in [-0.1, -0.05) is 60.4 Å². The quantitative estimate of drug-likeness (QED) is 0.261. The van der Waals surface area contributed by atoms with E-state index in [0.29, 0.717) is 22.1 Å². The van der Waals surface area contributed by atoms with E-state index in [2.05, 4.69) is 47.3 Å². The van der Waals surface area contributed by atoms with Gasteiger partial charge in [-0.3, -0.25) is 14.4 Å². The lowest BCUT2D eigenvalue weighted by Gasteiger charge is -2.19. The van der Waals surface area contributed by atoms with Crippen molar-refractivity contribution in [3.63, 3.8) is 0 Å². The fourth-order valence-corrected chi connectivity index (χ4v) is 3.92. The number of hydrogen-bond donors (Lipinski definition) is 2. The standard InChI is InChI=1S/C28H28BrClN2O5/c1-28(2,3)18-4-9-21(10-5-18)37-22-11-7-20(8-12-22)31-25(33)14-15-27(35)36-17-26(34)32-24-13-6-19(29)16-23(24)30/h4-13,16H,14-15,17H2,1-3H3,(H,31,33)(H,32,34). The van der Waals surface area contributed by atoms with Crippen molar-refractivity contribution in [2.24, 2.45) is 0 Å². The molecule has 0 bridgehead atoms. The molecule has 0 saturated carbocycles. The summed E-state index contributed by atoms with van der Waals surface area (Å²) in [6.45, 7) is 5.98. The van der Waals surface area contributed by atoms with Gasteiger partial charge >= 0.3 is 5.97 Å². The van der Waals surface area contributed by atoms with Gasteiger partial charge in [0.25, 0.3) is 5.91 Å². The van der Waals surface area contributed by atoms with Crippen molar-refractivity contribution in [1.29, 1.82) is 0 Å². The molecule has 37 heavy (non-hydrogen) atoms. The normalized spacial score (nSPS) is 10.9. The Hall–Kier alpha value is -3.36. The maximum Gasteiger partial charge on any atom is 0.306 e. The minimum atomic E-state index is -0.659. The lowest BCUT2D eigenvalue weighted by Crippen LogP contribution is -2.22. The van der Waals surface area contributed by atoms with Crippen molar-refractivity contribution in [1.82, 2.24) is 0 Å². The number of nitrogens with one attached hydrogen (secondary N) is 2. The molecule has 194 valence electrons. The number of hydrogen-bond acceptors (Lipinski definition) is 5. The molecule has 3 aromatic rings. The van der Waals surface area contributed by atoms with Gasteiger partial charge in [-0.2, -0.15) is 0 Å². The number of halogens is 2. The predicted octanol–water partition coefficient (Wildman–Crippen LogP) is 7.09. The van der Waals surface area contributed by atoms with Crippen LogP contribution in [-0.2, 0) is 24.5 Å². The summed E-state index contributed by atoms with van der Waals surface area (Å²) in [5.74, 6) is -0.193. The van der Waals surface area contributed by atoms with Gasteiger partial charge < -0.3 is 20.1 Å². The molecule has 0 aliphatic heterocycles. The fourth-order valence-electron chi connectivity index (χ4n) is 3.20. The molecule has 9 heteroatoms. The summed E-state index contributed by atoms with van der Waals surface area (Å²) < 4.78 is 11.6. The first-order valence-electron chi connectivity index (χ1n) is 11.6. The Labute approximate surface area is 229 Å². The van der Waals surface area contributed by atoms with Crippen LogP contribution >= 0.6 is 27.5 Å². The highest BCUT2D eigenvalue weighted by Gasteiger charge is 2.14. The van der Waals surface area contributed by atoms with Crippen LogP contribution in [0.25, 0.3) is 0 Å². The monoisotopic (exact) mass is 586 g/mol. The van der Waals surface area contributed by atoms with Crippen molar-refractivity contribution >= 4 is 56.7 Å². The predicted molar refractivity (Wildman–Crippen MR) is 148 cm³/mol. The van der Waals surface area contributed by atoms with Gasteiger partial charge in [0, 0.05) is 16.6 Å². The van der Waals surface area contributed by atoms with Gasteiger partial charge in [0.2, 0.25) is 5.91 Å². The van der Waals surface area contributed by atoms with Gasteiger partial charge in [-0.05, 0) is 65.6 Å². The number of esters is 1. The maximum absolute atomic E-state index is 12.2. The topological polar surface area (TPSA) is 93.7 Å². The van der Waals surface area contributed by atoms with Crippen molar-refractivity contribution in [2.75, 3.05) is 17.2 Å². The lowest BCUT2D eigenvalue weighted by molar-refractivity contribution is -0.147. The molecular formula is C28H28BrClN2O5. The summed E-state index contributed by atoms with van der Waals surface area (Å²) in [5.41, 5.74) is 2.26. The van der Waals surface area contributed by atoms with Crippen molar-refractivity contribution < 1.29 is 23.9 Å². The van der Waals surface area contributed by atoms with Crippen LogP contribution < -0.4 is 15.4 Å². The SMILES string of the molecule is CC(C)(C)c1ccc(Oc2ccc(NC(=O)CCC(=O)OCC(=O)Nc3ccc(Br)cc3Cl)cc2)cc1. The summed E-state index contributed by atoms with van der Waals surface area (Å²) in [6.07, 6.45) is -0.249. The van der Waals surface area contributed by atoms with E-state index in [-0.39, 0.29) is 24.2 Å². The second-order valence-corrected chi connectivity index (χ2v) is 10.6. The van der Waals surface area contributed by atoms with Gasteiger partial charge in [-0.15, -0.1) is 0 Å². The summed E-state index contributed by atoms with van der Waals surface area (Å²) >= 11 is 9.33. The highest BCUT2D eigenvalue weighted by Crippen LogP contribution is 2.28. The third-order valence-electron chi connectivity index (χ3n) is 5.22. The molecule has 3 rings (SSSR count). The zero-order valence-corrected chi connectivity index (χ0v) is 23.1. The van der Waals surface area contributed by atoms with E-state index in [4.69, 9.17) is 21.1 Å². The summed E-state index contributed by atoms with van der Waals surface area (Å²) in [7, 11) is 0. The van der Waals surface area contributed by atoms with E-state index in [9.17, 15) is 14.4 Å². The number of carbonyl (C=O) groups is 3. The van der Waals surface area contributed by atoms with Gasteiger partial charge in [-0.25, -0.2) is 0 Å². The number of carbonyl (C=O) groups excluding carboxylic acids is 3. The van der Waals surface area contributed by atoms with Gasteiger partial charge in [0.05, 0.1) is 17.1 Å². The average molecular weight is 588 g/mol. The molecule has 2 N–H and O–H groups in total. The Morgan fingerprint density at radius 3 is 2.05 bits per heavy atom. The van der Waals surface area contributed by atoms with Gasteiger partial charge in [0.15, 0.2) is 6.61 Å². The van der Waals surface area contributed by atoms with Crippen LogP contribution in [0.5, 0.6) is 11.5 Å². The molecule has 2 amide bonds. The van der Waals surface area contributed by atoms with Crippen LogP contribution in [0.15, 0.2) is 71.2 Å². The molecular weight excluding hydrogens is 560 g/mol. The lowest BCUT2D eigenvalue weighted by atomic mass is 9.87. The number of anilines is 2. The fraction of sp³-hybridized carbons (Fsp3) is 0.250. The van der Waals surface area contributed by atoms with E-state index >= 15 is 0 Å². The molecule has 0 heterocycles. The Balaban J connectivity index is 1.38. The molecule has 0 aromatic heterocycles. The van der Waals surface area contributed by atoms with E-state index in [1.165, 1.54) is 5.56 Å². The molecule has 0 radical (unpaired) electrons. The van der Waals surface area contributed by atoms with Gasteiger partial charge in [0.1, 0.15) is 11.5 Å². The molecule has 0 aliphatic carbocycles. The Bertz CT molecular complexity index is 1260. The zero-order valence-electron chi connectivity index (χ0n) is 20.8. The largest absolute Gasteiger partial charge is 0.457 e. The Kier molecular flexibility index (Phi) is 9.72. The van der Waals surface area contributed by atoms with Crippen LogP contribution in [0.1, 0.15) is 39.2 Å². The molecule has 0 fully saturated rings. The molecule has 0 saturated heterocycles. The Morgan fingerprint density at radius 2 is 1.46 bits per heavy atom. The Morgan fingerprint density at radius 1 is 0.838 bits per heavy atom. The number of amides is 2. The maximum atomic E-state index is 12.2. The number of benzene rings is 3. The zero-order chi connectivity index (χ0) is 27.0. The smallest absolute Gasteiger partial charge is 0.306 e. The second-order valence-electron chi connectivity index (χ2n) is 9.28. The first-order chi connectivity index (χ1) is 17.5. The van der Waals surface area contributed by atoms with E-state index in [0.717, 1.165) is 10.2 Å². The second kappa shape index (κ2) is 12.7. The summed E-state index contributed by atoms with van der Waals surface area (Å²) in [6, 6.07) is 19.8. The number of rotatable bonds is 9. The third-order valence-corrected chi connectivity index (χ3v) is 6.03. The van der Waals surface area contributed by atoms with E-state index < -0.39 is 18.5 Å². The first-order valence-corrected chi connectivity index (χ1v) is 12.8. The van der Waals surface area contributed by atoms with Crippen LogP contribution in [0.3, 0.4) is 0 Å². The molecule has 7 nitrogen and oxygen atoms in total. The van der Waals surface area contributed by atoms with Crippen LogP contribution in [0, 0.1) is 0 Å². The average Bonchev–Trinajstić information content (AvgIpc) is 2.84. The summed E-state index contributed by atoms with van der Waals surface area (Å²) in [5, 5.41) is 5.63. The van der Waals surface area contributed by atoms with Crippen molar-refractivity contribution in [2.45, 2.75) is 39.0 Å². The molecule has 0 unspecified atom stereocenters. The molecule has 0 atom stereocenters. The molecule has 3 aromatic carbocycles. The molecule has 0 aliphatic rings. The van der Waals surface area contributed by atoms with E-state index in [1.54, 1.807) is 42.5 Å². The van der Waals surface area contributed by atoms with Crippen molar-refractivity contribution in [3.05, 3.63) is 81.8 Å². The minimum absolute atomic E-state index is 0.0684. The summed E-state index contributed by atoms with van der Waals surface area (Å²) in [4.78, 5) is 36.1.